The van der Waals surface area contributed by atoms with Crippen LogP contribution in [0.2, 0.25) is 0 Å². The van der Waals surface area contributed by atoms with Gasteiger partial charge < -0.3 is 31.9 Å². The molecule has 0 spiro atoms. The van der Waals surface area contributed by atoms with E-state index in [0.717, 1.165) is 5.56 Å². The second-order valence-electron chi connectivity index (χ2n) is 7.51. The first-order valence-electron chi connectivity index (χ1n) is 9.63. The zero-order valence-corrected chi connectivity index (χ0v) is 17.3. The van der Waals surface area contributed by atoms with Crippen molar-refractivity contribution in [3.8, 4) is 5.75 Å². The predicted octanol–water partition coefficient (Wildman–Crippen LogP) is -0.502. The number of carboxylic acids is 1. The number of rotatable bonds is 11. The van der Waals surface area contributed by atoms with Gasteiger partial charge in [0, 0.05) is 0 Å². The van der Waals surface area contributed by atoms with Crippen molar-refractivity contribution in [3.63, 3.8) is 0 Å². The Bertz CT molecular complexity index is 750. The van der Waals surface area contributed by atoms with Crippen LogP contribution < -0.4 is 21.7 Å². The summed E-state index contributed by atoms with van der Waals surface area (Å²) < 4.78 is 0. The molecule has 1 aromatic carbocycles. The number of hydrogen-bond acceptors (Lipinski definition) is 6. The van der Waals surface area contributed by atoms with Crippen molar-refractivity contribution < 1.29 is 29.4 Å². The van der Waals surface area contributed by atoms with Crippen LogP contribution in [0.25, 0.3) is 0 Å². The average molecular weight is 422 g/mol. The molecule has 3 amide bonds. The van der Waals surface area contributed by atoms with E-state index in [-0.39, 0.29) is 24.5 Å². The fourth-order valence-corrected chi connectivity index (χ4v) is 2.62. The quantitative estimate of drug-likeness (QED) is 0.279. The van der Waals surface area contributed by atoms with Crippen LogP contribution in [0.5, 0.6) is 5.75 Å². The molecule has 0 aliphatic heterocycles. The number of phenols is 1. The first-order chi connectivity index (χ1) is 14.0. The predicted molar refractivity (Wildman–Crippen MR) is 109 cm³/mol. The molecule has 0 fully saturated rings. The van der Waals surface area contributed by atoms with E-state index in [1.807, 2.05) is 13.8 Å². The van der Waals surface area contributed by atoms with Crippen LogP contribution in [-0.2, 0) is 25.6 Å². The molecular formula is C20H30N4O6. The smallest absolute Gasteiger partial charge is 0.326 e. The van der Waals surface area contributed by atoms with E-state index in [9.17, 15) is 24.3 Å². The third kappa shape index (κ3) is 8.91. The van der Waals surface area contributed by atoms with Gasteiger partial charge in [0.05, 0.1) is 12.6 Å². The summed E-state index contributed by atoms with van der Waals surface area (Å²) in [6.45, 7) is 4.69. The fourth-order valence-electron chi connectivity index (χ4n) is 2.62. The fraction of sp³-hybridized carbons (Fsp3) is 0.500. The number of carboxylic acid groups (broad SMARTS) is 1. The van der Waals surface area contributed by atoms with Gasteiger partial charge in [-0.3, -0.25) is 14.4 Å². The lowest BCUT2D eigenvalue weighted by molar-refractivity contribution is -0.142. The molecule has 3 unspecified atom stereocenters. The molecule has 0 bridgehead atoms. The van der Waals surface area contributed by atoms with Crippen LogP contribution in [0.1, 0.15) is 32.8 Å². The van der Waals surface area contributed by atoms with Crippen LogP contribution in [0.15, 0.2) is 24.3 Å². The standard InChI is InChI=1S/C20H30N4O6/c1-11(2)8-16(20(29)30)24-17(26)10-22-18(27)12(3)23-19(28)15(21)9-13-4-6-14(25)7-5-13/h4-7,11-12,15-16,25H,8-10,21H2,1-3H3,(H,22,27)(H,23,28)(H,24,26)(H,29,30). The Kier molecular flexibility index (Phi) is 9.76. The molecule has 166 valence electrons. The minimum absolute atomic E-state index is 0.0713. The van der Waals surface area contributed by atoms with E-state index in [1.165, 1.54) is 19.1 Å². The number of carbonyl (C=O) groups excluding carboxylic acids is 3. The highest BCUT2D eigenvalue weighted by atomic mass is 16.4. The molecule has 0 aliphatic rings. The molecule has 10 nitrogen and oxygen atoms in total. The molecular weight excluding hydrogens is 392 g/mol. The Labute approximate surface area is 175 Å². The SMILES string of the molecule is CC(C)CC(NC(=O)CNC(=O)C(C)NC(=O)C(N)Cc1ccc(O)cc1)C(=O)O. The maximum Gasteiger partial charge on any atom is 0.326 e. The maximum atomic E-state index is 12.2. The normalized spacial score (nSPS) is 13.8. The summed E-state index contributed by atoms with van der Waals surface area (Å²) in [6.07, 6.45) is 0.482. The number of hydrogen-bond donors (Lipinski definition) is 6. The van der Waals surface area contributed by atoms with Gasteiger partial charge in [0.1, 0.15) is 17.8 Å². The van der Waals surface area contributed by atoms with Gasteiger partial charge in [-0.15, -0.1) is 0 Å². The summed E-state index contributed by atoms with van der Waals surface area (Å²) in [5, 5.41) is 25.6. The molecule has 0 aromatic heterocycles. The molecule has 0 saturated carbocycles. The summed E-state index contributed by atoms with van der Waals surface area (Å²) in [7, 11) is 0. The molecule has 0 radical (unpaired) electrons. The number of aromatic hydroxyl groups is 1. The first-order valence-corrected chi connectivity index (χ1v) is 9.63. The van der Waals surface area contributed by atoms with E-state index in [2.05, 4.69) is 16.0 Å². The third-order valence-electron chi connectivity index (χ3n) is 4.24. The Morgan fingerprint density at radius 3 is 2.13 bits per heavy atom. The second-order valence-corrected chi connectivity index (χ2v) is 7.51. The average Bonchev–Trinajstić information content (AvgIpc) is 2.66. The number of phenolic OH excluding ortho intramolecular Hbond substituents is 1. The van der Waals surface area contributed by atoms with Crippen LogP contribution in [0, 0.1) is 5.92 Å². The van der Waals surface area contributed by atoms with Crippen molar-refractivity contribution in [2.24, 2.45) is 11.7 Å². The van der Waals surface area contributed by atoms with Crippen molar-refractivity contribution in [1.29, 1.82) is 0 Å². The maximum absolute atomic E-state index is 12.2. The van der Waals surface area contributed by atoms with E-state index < -0.39 is 48.4 Å². The van der Waals surface area contributed by atoms with Gasteiger partial charge in [-0.2, -0.15) is 0 Å². The van der Waals surface area contributed by atoms with E-state index in [0.29, 0.717) is 0 Å². The molecule has 0 aliphatic carbocycles. The monoisotopic (exact) mass is 422 g/mol. The Morgan fingerprint density at radius 1 is 1.00 bits per heavy atom. The Balaban J connectivity index is 2.45. The summed E-state index contributed by atoms with van der Waals surface area (Å²) >= 11 is 0. The Hall–Kier alpha value is -3.14. The summed E-state index contributed by atoms with van der Waals surface area (Å²) in [5.74, 6) is -2.76. The first kappa shape index (κ1) is 24.9. The van der Waals surface area contributed by atoms with Gasteiger partial charge in [-0.05, 0) is 43.4 Å². The van der Waals surface area contributed by atoms with Crippen LogP contribution >= 0.6 is 0 Å². The van der Waals surface area contributed by atoms with Gasteiger partial charge in [0.2, 0.25) is 17.7 Å². The van der Waals surface area contributed by atoms with Crippen molar-refractivity contribution in [2.75, 3.05) is 6.54 Å². The number of carbonyl (C=O) groups is 4. The second kappa shape index (κ2) is 11.8. The van der Waals surface area contributed by atoms with Crippen molar-refractivity contribution >= 4 is 23.7 Å². The largest absolute Gasteiger partial charge is 0.508 e. The van der Waals surface area contributed by atoms with Gasteiger partial charge in [-0.25, -0.2) is 4.79 Å². The molecule has 1 rings (SSSR count). The lowest BCUT2D eigenvalue weighted by atomic mass is 10.0. The minimum Gasteiger partial charge on any atom is -0.508 e. The van der Waals surface area contributed by atoms with Crippen molar-refractivity contribution in [2.45, 2.75) is 51.7 Å². The van der Waals surface area contributed by atoms with Crippen LogP contribution in [0.3, 0.4) is 0 Å². The highest BCUT2D eigenvalue weighted by Gasteiger charge is 2.23. The van der Waals surface area contributed by atoms with Gasteiger partial charge in [0.15, 0.2) is 0 Å². The molecule has 0 heterocycles. The summed E-state index contributed by atoms with van der Waals surface area (Å²) in [6, 6.07) is 3.36. The summed E-state index contributed by atoms with van der Waals surface area (Å²) in [5.41, 5.74) is 6.60. The van der Waals surface area contributed by atoms with Crippen LogP contribution in [-0.4, -0.2) is 58.6 Å². The number of amides is 3. The molecule has 1 aromatic rings. The lowest BCUT2D eigenvalue weighted by Crippen LogP contribution is -2.52. The number of nitrogens with one attached hydrogen (secondary N) is 3. The molecule has 3 atom stereocenters. The third-order valence-corrected chi connectivity index (χ3v) is 4.24. The summed E-state index contributed by atoms with van der Waals surface area (Å²) in [4.78, 5) is 47.4. The minimum atomic E-state index is -1.15. The molecule has 10 heteroatoms. The molecule has 0 saturated heterocycles. The highest BCUT2D eigenvalue weighted by Crippen LogP contribution is 2.11. The van der Waals surface area contributed by atoms with Gasteiger partial charge in [0.25, 0.3) is 0 Å². The zero-order valence-electron chi connectivity index (χ0n) is 17.3. The van der Waals surface area contributed by atoms with Gasteiger partial charge >= 0.3 is 5.97 Å². The highest BCUT2D eigenvalue weighted by molar-refractivity contribution is 5.92. The molecule has 30 heavy (non-hydrogen) atoms. The lowest BCUT2D eigenvalue weighted by Gasteiger charge is -2.19. The topological polar surface area (TPSA) is 171 Å². The number of benzene rings is 1. The van der Waals surface area contributed by atoms with E-state index in [1.54, 1.807) is 12.1 Å². The molecule has 7 N–H and O–H groups in total. The van der Waals surface area contributed by atoms with E-state index in [4.69, 9.17) is 10.8 Å². The van der Waals surface area contributed by atoms with Crippen molar-refractivity contribution in [3.05, 3.63) is 29.8 Å². The van der Waals surface area contributed by atoms with E-state index >= 15 is 0 Å². The van der Waals surface area contributed by atoms with Crippen LogP contribution in [0.4, 0.5) is 0 Å². The van der Waals surface area contributed by atoms with Crippen molar-refractivity contribution in [1.82, 2.24) is 16.0 Å². The number of nitrogens with two attached hydrogens (primary N) is 1. The number of aliphatic carboxylic acids is 1. The Morgan fingerprint density at radius 2 is 1.60 bits per heavy atom. The van der Waals surface area contributed by atoms with Gasteiger partial charge in [-0.1, -0.05) is 26.0 Å². The zero-order chi connectivity index (χ0) is 22.8.